The third-order valence-corrected chi connectivity index (χ3v) is 3.16. The average Bonchev–Trinajstić information content (AvgIpc) is 2.09. The first-order valence-electron chi connectivity index (χ1n) is 6.06. The zero-order valence-corrected chi connectivity index (χ0v) is 11.6. The highest BCUT2D eigenvalue weighted by atomic mass is 16.5. The maximum absolute atomic E-state index is 5.65. The maximum atomic E-state index is 5.65. The van der Waals surface area contributed by atoms with Gasteiger partial charge in [0.05, 0.1) is 12.7 Å². The molecule has 2 heteroatoms. The lowest BCUT2D eigenvalue weighted by Crippen LogP contribution is -2.35. The van der Waals surface area contributed by atoms with Crippen molar-refractivity contribution in [2.45, 2.75) is 60.1 Å². The second kappa shape index (κ2) is 6.49. The summed E-state index contributed by atoms with van der Waals surface area (Å²) in [4.78, 5) is 0. The molecule has 0 aliphatic carbocycles. The van der Waals surface area contributed by atoms with Gasteiger partial charge in [-0.25, -0.2) is 0 Å². The smallest absolute Gasteiger partial charge is 0.0623 e. The number of hydrogen-bond acceptors (Lipinski definition) is 2. The molecule has 0 bridgehead atoms. The van der Waals surface area contributed by atoms with Crippen LogP contribution in [0.5, 0.6) is 0 Å². The van der Waals surface area contributed by atoms with Crippen LogP contribution in [-0.2, 0) is 4.74 Å². The third kappa shape index (κ3) is 6.91. The van der Waals surface area contributed by atoms with Crippen molar-refractivity contribution in [3.8, 4) is 0 Å². The van der Waals surface area contributed by atoms with Gasteiger partial charge < -0.3 is 10.1 Å². The van der Waals surface area contributed by atoms with Gasteiger partial charge in [0.2, 0.25) is 0 Å². The summed E-state index contributed by atoms with van der Waals surface area (Å²) < 4.78 is 5.65. The van der Waals surface area contributed by atoms with Gasteiger partial charge in [0.1, 0.15) is 0 Å². The van der Waals surface area contributed by atoms with Crippen LogP contribution < -0.4 is 5.32 Å². The van der Waals surface area contributed by atoms with Crippen LogP contribution >= 0.6 is 0 Å². The Morgan fingerprint density at radius 1 is 1.13 bits per heavy atom. The van der Waals surface area contributed by atoms with Crippen LogP contribution in [0.25, 0.3) is 0 Å². The van der Waals surface area contributed by atoms with Gasteiger partial charge in [0.15, 0.2) is 0 Å². The predicted octanol–water partition coefficient (Wildman–Crippen LogP) is 3.07. The molecule has 0 aliphatic heterocycles. The lowest BCUT2D eigenvalue weighted by molar-refractivity contribution is 0.0532. The fraction of sp³-hybridized carbons (Fsp3) is 1.00. The summed E-state index contributed by atoms with van der Waals surface area (Å²) in [7, 11) is 2.02. The Morgan fingerprint density at radius 3 is 2.00 bits per heavy atom. The van der Waals surface area contributed by atoms with Crippen LogP contribution in [0.1, 0.15) is 48.0 Å². The molecule has 0 spiro atoms. The van der Waals surface area contributed by atoms with E-state index in [1.165, 1.54) is 6.42 Å². The largest absolute Gasteiger partial charge is 0.377 e. The Morgan fingerprint density at radius 2 is 1.67 bits per heavy atom. The van der Waals surface area contributed by atoms with Gasteiger partial charge in [-0.15, -0.1) is 0 Å². The van der Waals surface area contributed by atoms with Crippen LogP contribution in [0, 0.1) is 11.3 Å². The van der Waals surface area contributed by atoms with Crippen LogP contribution in [0.4, 0.5) is 0 Å². The van der Waals surface area contributed by atoms with Gasteiger partial charge >= 0.3 is 0 Å². The first kappa shape index (κ1) is 14.9. The molecule has 0 heterocycles. The molecule has 0 radical (unpaired) electrons. The van der Waals surface area contributed by atoms with Gasteiger partial charge in [-0.2, -0.15) is 0 Å². The lowest BCUT2D eigenvalue weighted by Gasteiger charge is -2.30. The van der Waals surface area contributed by atoms with Crippen molar-refractivity contribution in [3.05, 3.63) is 0 Å². The highest BCUT2D eigenvalue weighted by Gasteiger charge is 2.23. The molecule has 15 heavy (non-hydrogen) atoms. The summed E-state index contributed by atoms with van der Waals surface area (Å²) >= 11 is 0. The first-order chi connectivity index (χ1) is 6.77. The quantitative estimate of drug-likeness (QED) is 0.735. The highest BCUT2D eigenvalue weighted by Crippen LogP contribution is 2.29. The molecule has 0 aromatic rings. The van der Waals surface area contributed by atoms with Gasteiger partial charge in [0.25, 0.3) is 0 Å². The molecule has 0 aliphatic rings. The highest BCUT2D eigenvalue weighted by molar-refractivity contribution is 4.76. The van der Waals surface area contributed by atoms with E-state index in [-0.39, 0.29) is 0 Å². The van der Waals surface area contributed by atoms with Gasteiger partial charge in [-0.3, -0.25) is 0 Å². The second-order valence-electron chi connectivity index (χ2n) is 5.87. The van der Waals surface area contributed by atoms with Crippen molar-refractivity contribution in [1.82, 2.24) is 5.32 Å². The molecule has 2 nitrogen and oxygen atoms in total. The summed E-state index contributed by atoms with van der Waals surface area (Å²) in [5.41, 5.74) is 0.382. The minimum absolute atomic E-state index is 0.325. The minimum atomic E-state index is 0.325. The fourth-order valence-electron chi connectivity index (χ4n) is 1.36. The van der Waals surface area contributed by atoms with Gasteiger partial charge in [0, 0.05) is 6.04 Å². The Hall–Kier alpha value is -0.0800. The Kier molecular flexibility index (Phi) is 6.46. The third-order valence-electron chi connectivity index (χ3n) is 3.16. The Balaban J connectivity index is 3.99. The molecule has 0 rings (SSSR count). The molecular weight excluding hydrogens is 186 g/mol. The summed E-state index contributed by atoms with van der Waals surface area (Å²) in [5, 5.41) is 3.34. The Bertz CT molecular complexity index is 160. The van der Waals surface area contributed by atoms with Crippen molar-refractivity contribution < 1.29 is 4.74 Å². The second-order valence-corrected chi connectivity index (χ2v) is 5.87. The summed E-state index contributed by atoms with van der Waals surface area (Å²) in [6, 6.07) is 0.474. The van der Waals surface area contributed by atoms with Gasteiger partial charge in [-0.05, 0) is 38.6 Å². The van der Waals surface area contributed by atoms with E-state index in [0.717, 1.165) is 6.61 Å². The molecule has 0 aromatic heterocycles. The van der Waals surface area contributed by atoms with E-state index < -0.39 is 0 Å². The zero-order chi connectivity index (χ0) is 12.1. The van der Waals surface area contributed by atoms with Gasteiger partial charge in [-0.1, -0.05) is 27.7 Å². The molecular formula is C13H29NO. The molecule has 1 N–H and O–H groups in total. The number of nitrogens with one attached hydrogen (secondary N) is 1. The molecule has 0 saturated heterocycles. The van der Waals surface area contributed by atoms with Crippen molar-refractivity contribution >= 4 is 0 Å². The number of ether oxygens (including phenoxy) is 1. The topological polar surface area (TPSA) is 21.3 Å². The van der Waals surface area contributed by atoms with E-state index in [4.69, 9.17) is 4.74 Å². The monoisotopic (exact) mass is 215 g/mol. The van der Waals surface area contributed by atoms with Crippen LogP contribution in [0.3, 0.4) is 0 Å². The SMILES string of the molecule is CNC(COC(C)C)CC(C)C(C)(C)C. The normalized spacial score (nSPS) is 16.8. The van der Waals surface area contributed by atoms with E-state index >= 15 is 0 Å². The van der Waals surface area contributed by atoms with E-state index in [2.05, 4.69) is 46.9 Å². The van der Waals surface area contributed by atoms with Crippen molar-refractivity contribution in [2.24, 2.45) is 11.3 Å². The van der Waals surface area contributed by atoms with Crippen molar-refractivity contribution in [3.63, 3.8) is 0 Å². The maximum Gasteiger partial charge on any atom is 0.0623 e. The molecule has 2 atom stereocenters. The van der Waals surface area contributed by atoms with Crippen molar-refractivity contribution in [2.75, 3.05) is 13.7 Å². The Labute approximate surface area is 95.8 Å². The van der Waals surface area contributed by atoms with Crippen LogP contribution in [0.15, 0.2) is 0 Å². The van der Waals surface area contributed by atoms with E-state index in [1.807, 2.05) is 7.05 Å². The van der Waals surface area contributed by atoms with E-state index in [0.29, 0.717) is 23.5 Å². The molecule has 92 valence electrons. The number of hydrogen-bond donors (Lipinski definition) is 1. The summed E-state index contributed by atoms with van der Waals surface area (Å²) in [5.74, 6) is 0.700. The molecule has 0 amide bonds. The summed E-state index contributed by atoms with van der Waals surface area (Å²) in [6.45, 7) is 14.2. The van der Waals surface area contributed by atoms with Crippen LogP contribution in [-0.4, -0.2) is 25.8 Å². The number of rotatable bonds is 6. The fourth-order valence-corrected chi connectivity index (χ4v) is 1.36. The van der Waals surface area contributed by atoms with Crippen molar-refractivity contribution in [1.29, 1.82) is 0 Å². The molecule has 2 unspecified atom stereocenters. The predicted molar refractivity (Wildman–Crippen MR) is 67.2 cm³/mol. The number of likely N-dealkylation sites (N-methyl/N-ethyl adjacent to an activating group) is 1. The van der Waals surface area contributed by atoms with E-state index in [1.54, 1.807) is 0 Å². The zero-order valence-electron chi connectivity index (χ0n) is 11.6. The molecule has 0 fully saturated rings. The average molecular weight is 215 g/mol. The minimum Gasteiger partial charge on any atom is -0.377 e. The molecule has 0 aromatic carbocycles. The van der Waals surface area contributed by atoms with E-state index in [9.17, 15) is 0 Å². The molecule has 0 saturated carbocycles. The summed E-state index contributed by atoms with van der Waals surface area (Å²) in [6.07, 6.45) is 1.50. The lowest BCUT2D eigenvalue weighted by atomic mass is 9.78. The standard InChI is InChI=1S/C13H29NO/c1-10(2)15-9-12(14-7)8-11(3)13(4,5)6/h10-12,14H,8-9H2,1-7H3. The first-order valence-corrected chi connectivity index (χ1v) is 6.06. The van der Waals surface area contributed by atoms with Crippen LogP contribution in [0.2, 0.25) is 0 Å².